The zero-order valence-corrected chi connectivity index (χ0v) is 9.91. The van der Waals surface area contributed by atoms with Crippen LogP contribution in [0.3, 0.4) is 0 Å². The van der Waals surface area contributed by atoms with Gasteiger partial charge in [0.2, 0.25) is 0 Å². The number of pyridine rings is 1. The van der Waals surface area contributed by atoms with Crippen molar-refractivity contribution in [1.82, 2.24) is 24.9 Å². The Balaban J connectivity index is 2.03. The lowest BCUT2D eigenvalue weighted by Crippen LogP contribution is -1.85. The number of fused-ring (bicyclic) bond motifs is 2. The van der Waals surface area contributed by atoms with Crippen LogP contribution in [0.5, 0.6) is 0 Å². The fourth-order valence-corrected chi connectivity index (χ4v) is 2.19. The summed E-state index contributed by atoms with van der Waals surface area (Å²) in [5.74, 6) is 0.786. The molecule has 0 aliphatic rings. The lowest BCUT2D eigenvalue weighted by atomic mass is 10.1. The molecule has 3 aromatic heterocycles. The van der Waals surface area contributed by atoms with Crippen molar-refractivity contribution in [2.24, 2.45) is 0 Å². The number of hydrogen-bond acceptors (Lipinski definition) is 4. The molecule has 0 saturated heterocycles. The van der Waals surface area contributed by atoms with Crippen LogP contribution in [-0.4, -0.2) is 24.9 Å². The molecule has 5 nitrogen and oxygen atoms in total. The van der Waals surface area contributed by atoms with Gasteiger partial charge in [-0.3, -0.25) is 4.98 Å². The summed E-state index contributed by atoms with van der Waals surface area (Å²) >= 11 is 0. The molecular formula is C14H9N5. The monoisotopic (exact) mass is 247 g/mol. The number of aromatic amines is 1. The number of nitrogens with one attached hydrogen (secondary N) is 1. The van der Waals surface area contributed by atoms with E-state index >= 15 is 0 Å². The highest BCUT2D eigenvalue weighted by molar-refractivity contribution is 5.93. The Bertz CT molecular complexity index is 843. The number of hydrogen-bond donors (Lipinski definition) is 1. The second kappa shape index (κ2) is 3.84. The van der Waals surface area contributed by atoms with Gasteiger partial charge in [-0.15, -0.1) is 0 Å². The molecule has 0 saturated carbocycles. The van der Waals surface area contributed by atoms with Gasteiger partial charge < -0.3 is 4.98 Å². The molecule has 0 amide bonds. The molecule has 0 atom stereocenters. The molecule has 1 aromatic carbocycles. The van der Waals surface area contributed by atoms with E-state index in [0.717, 1.165) is 27.8 Å². The predicted octanol–water partition coefficient (Wildman–Crippen LogP) is 2.57. The van der Waals surface area contributed by atoms with E-state index in [1.165, 1.54) is 6.33 Å². The first kappa shape index (κ1) is 10.1. The minimum atomic E-state index is 0.672. The zero-order chi connectivity index (χ0) is 12.7. The van der Waals surface area contributed by atoms with Crippen LogP contribution in [0.15, 0.2) is 49.1 Å². The third-order valence-electron chi connectivity index (χ3n) is 3.07. The SMILES string of the molecule is c1ccc2c(-c3nc4ncncc4[nH]3)ccnc2c1. The van der Waals surface area contributed by atoms with E-state index in [2.05, 4.69) is 24.9 Å². The molecule has 0 spiro atoms. The summed E-state index contributed by atoms with van der Waals surface area (Å²) in [7, 11) is 0. The van der Waals surface area contributed by atoms with E-state index in [1.54, 1.807) is 12.4 Å². The Morgan fingerprint density at radius 3 is 2.89 bits per heavy atom. The van der Waals surface area contributed by atoms with E-state index in [-0.39, 0.29) is 0 Å². The van der Waals surface area contributed by atoms with Crippen molar-refractivity contribution in [3.05, 3.63) is 49.1 Å². The summed E-state index contributed by atoms with van der Waals surface area (Å²) in [6, 6.07) is 9.95. The van der Waals surface area contributed by atoms with Crippen molar-refractivity contribution in [2.75, 3.05) is 0 Å². The van der Waals surface area contributed by atoms with Crippen molar-refractivity contribution >= 4 is 22.1 Å². The first-order valence-electron chi connectivity index (χ1n) is 5.92. The lowest BCUT2D eigenvalue weighted by Gasteiger charge is -2.02. The van der Waals surface area contributed by atoms with Gasteiger partial charge in [0.1, 0.15) is 17.7 Å². The molecule has 0 aliphatic carbocycles. The van der Waals surface area contributed by atoms with Gasteiger partial charge in [-0.05, 0) is 12.1 Å². The number of H-pyrrole nitrogens is 1. The smallest absolute Gasteiger partial charge is 0.181 e. The molecule has 4 rings (SSSR count). The Kier molecular flexibility index (Phi) is 2.05. The van der Waals surface area contributed by atoms with Gasteiger partial charge in [0.05, 0.1) is 11.7 Å². The average Bonchev–Trinajstić information content (AvgIpc) is 2.90. The molecule has 0 aliphatic heterocycles. The van der Waals surface area contributed by atoms with Crippen LogP contribution >= 0.6 is 0 Å². The van der Waals surface area contributed by atoms with E-state index in [1.807, 2.05) is 30.3 Å². The quantitative estimate of drug-likeness (QED) is 0.561. The number of rotatable bonds is 1. The van der Waals surface area contributed by atoms with E-state index in [4.69, 9.17) is 0 Å². The predicted molar refractivity (Wildman–Crippen MR) is 72.4 cm³/mol. The third kappa shape index (κ3) is 1.55. The molecule has 5 heteroatoms. The molecule has 1 N–H and O–H groups in total. The Morgan fingerprint density at radius 2 is 1.95 bits per heavy atom. The number of benzene rings is 1. The fourth-order valence-electron chi connectivity index (χ4n) is 2.19. The second-order valence-corrected chi connectivity index (χ2v) is 4.22. The fraction of sp³-hybridized carbons (Fsp3) is 0. The highest BCUT2D eigenvalue weighted by atomic mass is 15.0. The van der Waals surface area contributed by atoms with E-state index < -0.39 is 0 Å². The first-order chi connectivity index (χ1) is 9.42. The molecule has 19 heavy (non-hydrogen) atoms. The summed E-state index contributed by atoms with van der Waals surface area (Å²) in [5.41, 5.74) is 3.47. The summed E-state index contributed by atoms with van der Waals surface area (Å²) in [5, 5.41) is 1.07. The van der Waals surface area contributed by atoms with Crippen LogP contribution in [-0.2, 0) is 0 Å². The van der Waals surface area contributed by atoms with E-state index in [0.29, 0.717) is 5.65 Å². The topological polar surface area (TPSA) is 67.3 Å². The van der Waals surface area contributed by atoms with Crippen LogP contribution in [0.4, 0.5) is 0 Å². The second-order valence-electron chi connectivity index (χ2n) is 4.22. The summed E-state index contributed by atoms with van der Waals surface area (Å²) in [6.07, 6.45) is 5.01. The van der Waals surface area contributed by atoms with Crippen molar-refractivity contribution in [3.8, 4) is 11.4 Å². The van der Waals surface area contributed by atoms with Gasteiger partial charge in [0.15, 0.2) is 5.65 Å². The van der Waals surface area contributed by atoms with Crippen molar-refractivity contribution in [3.63, 3.8) is 0 Å². The number of para-hydroxylation sites is 1. The highest BCUT2D eigenvalue weighted by Crippen LogP contribution is 2.26. The molecule has 3 heterocycles. The first-order valence-corrected chi connectivity index (χ1v) is 5.92. The minimum absolute atomic E-state index is 0.672. The highest BCUT2D eigenvalue weighted by Gasteiger charge is 2.09. The van der Waals surface area contributed by atoms with Gasteiger partial charge in [-0.1, -0.05) is 18.2 Å². The van der Waals surface area contributed by atoms with Gasteiger partial charge in [-0.25, -0.2) is 15.0 Å². The zero-order valence-electron chi connectivity index (χ0n) is 9.91. The van der Waals surface area contributed by atoms with Crippen LogP contribution in [0.2, 0.25) is 0 Å². The summed E-state index contributed by atoms with van der Waals surface area (Å²) in [6.45, 7) is 0. The molecule has 0 unspecified atom stereocenters. The summed E-state index contributed by atoms with van der Waals surface area (Å²) in [4.78, 5) is 20.2. The van der Waals surface area contributed by atoms with Gasteiger partial charge in [-0.2, -0.15) is 0 Å². The molecular weight excluding hydrogens is 238 g/mol. The van der Waals surface area contributed by atoms with Gasteiger partial charge in [0, 0.05) is 17.1 Å². The Hall–Kier alpha value is -2.82. The van der Waals surface area contributed by atoms with Gasteiger partial charge >= 0.3 is 0 Å². The molecule has 90 valence electrons. The Labute approximate surface area is 108 Å². The molecule has 0 bridgehead atoms. The number of imidazole rings is 1. The van der Waals surface area contributed by atoms with Crippen molar-refractivity contribution in [2.45, 2.75) is 0 Å². The molecule has 0 radical (unpaired) electrons. The maximum Gasteiger partial charge on any atom is 0.181 e. The van der Waals surface area contributed by atoms with Crippen LogP contribution < -0.4 is 0 Å². The maximum absolute atomic E-state index is 4.50. The number of nitrogens with zero attached hydrogens (tertiary/aromatic N) is 4. The lowest BCUT2D eigenvalue weighted by molar-refractivity contribution is 1.20. The number of aromatic nitrogens is 5. The molecule has 0 fully saturated rings. The van der Waals surface area contributed by atoms with Crippen LogP contribution in [0.1, 0.15) is 0 Å². The average molecular weight is 247 g/mol. The Morgan fingerprint density at radius 1 is 1.00 bits per heavy atom. The van der Waals surface area contributed by atoms with E-state index in [9.17, 15) is 0 Å². The van der Waals surface area contributed by atoms with Crippen molar-refractivity contribution < 1.29 is 0 Å². The van der Waals surface area contributed by atoms with Crippen molar-refractivity contribution in [1.29, 1.82) is 0 Å². The standard InChI is InChI=1S/C14H9N5/c1-2-4-11-9(3-1)10(5-6-16-11)13-18-12-7-15-8-17-14(12)19-13/h1-8H,(H,15,17,18,19). The van der Waals surface area contributed by atoms with Gasteiger partial charge in [0.25, 0.3) is 0 Å². The summed E-state index contributed by atoms with van der Waals surface area (Å²) < 4.78 is 0. The third-order valence-corrected chi connectivity index (χ3v) is 3.07. The minimum Gasteiger partial charge on any atom is -0.335 e. The largest absolute Gasteiger partial charge is 0.335 e. The maximum atomic E-state index is 4.50. The molecule has 4 aromatic rings. The van der Waals surface area contributed by atoms with Crippen LogP contribution in [0, 0.1) is 0 Å². The van der Waals surface area contributed by atoms with Crippen LogP contribution in [0.25, 0.3) is 33.5 Å². The normalized spacial score (nSPS) is 11.2.